The third-order valence-corrected chi connectivity index (χ3v) is 9.10. The van der Waals surface area contributed by atoms with E-state index in [1.165, 1.54) is 0 Å². The third kappa shape index (κ3) is 3.59. The number of nitrogens with zero attached hydrogens (tertiary/aromatic N) is 3. The van der Waals surface area contributed by atoms with Crippen molar-refractivity contribution in [3.05, 3.63) is 83.4 Å². The zero-order valence-corrected chi connectivity index (χ0v) is 20.0. The van der Waals surface area contributed by atoms with Gasteiger partial charge in [-0.1, -0.05) is 30.3 Å². The number of aliphatic hydroxyl groups excluding tert-OH is 1. The van der Waals surface area contributed by atoms with Crippen LogP contribution in [0.5, 0.6) is 0 Å². The van der Waals surface area contributed by atoms with Crippen LogP contribution in [0.1, 0.15) is 29.2 Å². The average molecular weight is 474 g/mol. The molecule has 0 saturated carbocycles. The van der Waals surface area contributed by atoms with Gasteiger partial charge in [0.1, 0.15) is 0 Å². The van der Waals surface area contributed by atoms with Crippen LogP contribution in [0, 0.1) is 24.2 Å². The van der Waals surface area contributed by atoms with Gasteiger partial charge in [0.2, 0.25) is 10.0 Å². The number of benzene rings is 3. The van der Waals surface area contributed by atoms with E-state index in [4.69, 9.17) is 0 Å². The van der Waals surface area contributed by atoms with E-state index < -0.39 is 10.0 Å². The smallest absolute Gasteiger partial charge is 0.243 e. The Morgan fingerprint density at radius 2 is 1.82 bits per heavy atom. The topological polar surface area (TPSA) is 84.6 Å². The fourth-order valence-electron chi connectivity index (χ4n) is 5.54. The molecule has 34 heavy (non-hydrogen) atoms. The molecule has 1 fully saturated rings. The minimum absolute atomic E-state index is 0.0252. The van der Waals surface area contributed by atoms with E-state index in [1.54, 1.807) is 28.6 Å². The van der Waals surface area contributed by atoms with Crippen molar-refractivity contribution in [2.75, 3.05) is 25.1 Å². The second-order valence-corrected chi connectivity index (χ2v) is 11.0. The number of anilines is 1. The van der Waals surface area contributed by atoms with Gasteiger partial charge in [-0.2, -0.15) is 9.57 Å². The van der Waals surface area contributed by atoms with Crippen LogP contribution in [0.3, 0.4) is 0 Å². The third-order valence-electron chi connectivity index (χ3n) is 7.22. The summed E-state index contributed by atoms with van der Waals surface area (Å²) >= 11 is 0. The van der Waals surface area contributed by atoms with E-state index in [9.17, 15) is 18.8 Å². The van der Waals surface area contributed by atoms with Gasteiger partial charge >= 0.3 is 0 Å². The van der Waals surface area contributed by atoms with Gasteiger partial charge in [-0.25, -0.2) is 8.42 Å². The average Bonchev–Trinajstić information content (AvgIpc) is 3.30. The van der Waals surface area contributed by atoms with Gasteiger partial charge in [-0.05, 0) is 72.0 Å². The SMILES string of the molecule is Cc1cccc(S(=O)(=O)N2CC[C@@H]3[C@H]2c2cc(-c4cccc(C#N)c4)ccc2N(C)[C@H]3CO)c1. The van der Waals surface area contributed by atoms with Crippen LogP contribution in [0.4, 0.5) is 5.69 Å². The van der Waals surface area contributed by atoms with E-state index in [-0.39, 0.29) is 24.6 Å². The Labute approximate surface area is 200 Å². The summed E-state index contributed by atoms with van der Waals surface area (Å²) in [4.78, 5) is 2.38. The molecule has 1 saturated heterocycles. The number of nitriles is 1. The second-order valence-electron chi connectivity index (χ2n) is 9.16. The molecule has 3 atom stereocenters. The largest absolute Gasteiger partial charge is 0.394 e. The molecule has 174 valence electrons. The quantitative estimate of drug-likeness (QED) is 0.617. The highest BCUT2D eigenvalue weighted by atomic mass is 32.2. The van der Waals surface area contributed by atoms with E-state index in [1.807, 2.05) is 50.4 Å². The molecule has 5 rings (SSSR count). The highest BCUT2D eigenvalue weighted by molar-refractivity contribution is 7.89. The zero-order valence-electron chi connectivity index (χ0n) is 19.2. The number of aryl methyl sites for hydroxylation is 1. The molecule has 3 aromatic rings. The van der Waals surface area contributed by atoms with Crippen molar-refractivity contribution in [2.24, 2.45) is 5.92 Å². The van der Waals surface area contributed by atoms with Crippen LogP contribution in [-0.2, 0) is 10.0 Å². The van der Waals surface area contributed by atoms with Crippen molar-refractivity contribution in [3.8, 4) is 17.2 Å². The molecular formula is C27H27N3O3S. The molecule has 0 aromatic heterocycles. The predicted molar refractivity (Wildman–Crippen MR) is 132 cm³/mol. The Morgan fingerprint density at radius 3 is 2.56 bits per heavy atom. The van der Waals surface area contributed by atoms with E-state index in [2.05, 4.69) is 17.0 Å². The Balaban J connectivity index is 1.65. The van der Waals surface area contributed by atoms with Crippen molar-refractivity contribution >= 4 is 15.7 Å². The summed E-state index contributed by atoms with van der Waals surface area (Å²) in [5.74, 6) is -0.0252. The van der Waals surface area contributed by atoms with Gasteiger partial charge in [-0.15, -0.1) is 0 Å². The van der Waals surface area contributed by atoms with Crippen LogP contribution in [-0.4, -0.2) is 44.1 Å². The van der Waals surface area contributed by atoms with Gasteiger partial charge in [0, 0.05) is 25.2 Å². The molecule has 2 aliphatic rings. The Morgan fingerprint density at radius 1 is 1.06 bits per heavy atom. The Hall–Kier alpha value is -3.18. The van der Waals surface area contributed by atoms with Crippen LogP contribution in [0.15, 0.2) is 71.6 Å². The number of fused-ring (bicyclic) bond motifs is 3. The number of sulfonamides is 1. The van der Waals surface area contributed by atoms with Crippen LogP contribution < -0.4 is 4.90 Å². The van der Waals surface area contributed by atoms with Gasteiger partial charge in [-0.3, -0.25) is 0 Å². The number of likely N-dealkylation sites (N-methyl/N-ethyl adjacent to an activating group) is 1. The molecule has 0 spiro atoms. The Kier molecular flexibility index (Phi) is 5.68. The van der Waals surface area contributed by atoms with Crippen LogP contribution in [0.2, 0.25) is 0 Å². The maximum Gasteiger partial charge on any atom is 0.243 e. The fourth-order valence-corrected chi connectivity index (χ4v) is 7.31. The molecule has 2 heterocycles. The first kappa shape index (κ1) is 22.6. The summed E-state index contributed by atoms with van der Waals surface area (Å²) in [6.07, 6.45) is 0.679. The summed E-state index contributed by atoms with van der Waals surface area (Å²) in [6.45, 7) is 2.25. The number of rotatable bonds is 4. The summed E-state index contributed by atoms with van der Waals surface area (Å²) in [6, 6.07) is 22.2. The summed E-state index contributed by atoms with van der Waals surface area (Å²) < 4.78 is 29.2. The number of aliphatic hydroxyl groups is 1. The maximum atomic E-state index is 13.8. The van der Waals surface area contributed by atoms with Gasteiger partial charge in [0.15, 0.2) is 0 Å². The molecule has 3 aromatic carbocycles. The number of hydrogen-bond acceptors (Lipinski definition) is 5. The molecule has 0 unspecified atom stereocenters. The first-order valence-corrected chi connectivity index (χ1v) is 12.9. The van der Waals surface area contributed by atoms with E-state index in [0.29, 0.717) is 23.4 Å². The minimum Gasteiger partial charge on any atom is -0.394 e. The van der Waals surface area contributed by atoms with Gasteiger partial charge < -0.3 is 10.0 Å². The Bertz CT molecular complexity index is 1400. The highest BCUT2D eigenvalue weighted by Gasteiger charge is 2.50. The van der Waals surface area contributed by atoms with Crippen molar-refractivity contribution < 1.29 is 13.5 Å². The van der Waals surface area contributed by atoms with E-state index in [0.717, 1.165) is 27.9 Å². The molecule has 0 amide bonds. The van der Waals surface area contributed by atoms with Crippen molar-refractivity contribution in [2.45, 2.75) is 30.3 Å². The second kappa shape index (κ2) is 8.55. The predicted octanol–water partition coefficient (Wildman–Crippen LogP) is 4.10. The molecular weight excluding hydrogens is 446 g/mol. The first-order chi connectivity index (χ1) is 16.3. The molecule has 6 nitrogen and oxygen atoms in total. The first-order valence-electron chi connectivity index (χ1n) is 11.4. The molecule has 1 N–H and O–H groups in total. The van der Waals surface area contributed by atoms with E-state index >= 15 is 0 Å². The normalized spacial score (nSPS) is 22.2. The standard InChI is InChI=1S/C27H27N3O3S/c1-18-5-3-8-22(13-18)34(32,33)30-12-11-23-26(17-31)29(2)25-10-9-21(15-24(25)27(23)30)20-7-4-6-19(14-20)16-28/h3-10,13-15,23,26-27,31H,11-12,17H2,1-2H3/t23-,26-,27-/m0/s1. The lowest BCUT2D eigenvalue weighted by Gasteiger charge is -2.44. The van der Waals surface area contributed by atoms with Crippen molar-refractivity contribution in [1.82, 2.24) is 4.31 Å². The lowest BCUT2D eigenvalue weighted by Crippen LogP contribution is -2.48. The molecule has 7 heteroatoms. The molecule has 0 radical (unpaired) electrons. The lowest BCUT2D eigenvalue weighted by molar-refractivity contribution is 0.193. The molecule has 0 aliphatic carbocycles. The summed E-state index contributed by atoms with van der Waals surface area (Å²) in [5.41, 5.74) is 5.18. The minimum atomic E-state index is -3.72. The molecule has 0 bridgehead atoms. The summed E-state index contributed by atoms with van der Waals surface area (Å²) in [5, 5.41) is 19.5. The van der Waals surface area contributed by atoms with Crippen LogP contribution >= 0.6 is 0 Å². The summed E-state index contributed by atoms with van der Waals surface area (Å²) in [7, 11) is -1.76. The highest BCUT2D eigenvalue weighted by Crippen LogP contribution is 2.51. The maximum absolute atomic E-state index is 13.8. The van der Waals surface area contributed by atoms with Gasteiger partial charge in [0.25, 0.3) is 0 Å². The lowest BCUT2D eigenvalue weighted by atomic mass is 9.81. The van der Waals surface area contributed by atoms with Crippen LogP contribution in [0.25, 0.3) is 11.1 Å². The van der Waals surface area contributed by atoms with Gasteiger partial charge in [0.05, 0.1) is 35.2 Å². The fraction of sp³-hybridized carbons (Fsp3) is 0.296. The molecule has 2 aliphatic heterocycles. The van der Waals surface area contributed by atoms with Crippen molar-refractivity contribution in [3.63, 3.8) is 0 Å². The monoisotopic (exact) mass is 473 g/mol. The number of hydrogen-bond donors (Lipinski definition) is 1. The van der Waals surface area contributed by atoms with Crippen molar-refractivity contribution in [1.29, 1.82) is 5.26 Å². The zero-order chi connectivity index (χ0) is 24.0.